The van der Waals surface area contributed by atoms with Crippen LogP contribution in [0.4, 0.5) is 32.3 Å². The van der Waals surface area contributed by atoms with E-state index in [1.54, 1.807) is 0 Å². The minimum Gasteiger partial charge on any atom is -0.433 e. The summed E-state index contributed by atoms with van der Waals surface area (Å²) in [6, 6.07) is 15.8. The second-order valence-corrected chi connectivity index (χ2v) is 13.9. The fourth-order valence-corrected chi connectivity index (χ4v) is 6.79. The van der Waals surface area contributed by atoms with Gasteiger partial charge < -0.3 is 19.3 Å². The predicted octanol–water partition coefficient (Wildman–Crippen LogP) is 7.91. The first-order chi connectivity index (χ1) is 25.3. The third kappa shape index (κ3) is 17.2. The first-order valence-electron chi connectivity index (χ1n) is 13.9. The smallest absolute Gasteiger partial charge is 0.433 e. The Kier molecular flexibility index (Phi) is 19.9. The molecule has 0 saturated carbocycles. The molecule has 280 valence electrons. The van der Waals surface area contributed by atoms with Crippen LogP contribution in [0.5, 0.6) is 11.5 Å². The molecule has 4 aromatic rings. The van der Waals surface area contributed by atoms with Gasteiger partial charge in [-0.25, -0.2) is 19.6 Å². The summed E-state index contributed by atoms with van der Waals surface area (Å²) >= 11 is 4.92. The van der Waals surface area contributed by atoms with E-state index in [0.29, 0.717) is 16.5 Å². The Hall–Kier alpha value is -5.27. The molecule has 0 aliphatic carbocycles. The van der Waals surface area contributed by atoms with Crippen LogP contribution in [0, 0.1) is 40.5 Å². The van der Waals surface area contributed by atoms with E-state index in [4.69, 9.17) is 26.2 Å². The number of pyridine rings is 2. The van der Waals surface area contributed by atoms with Gasteiger partial charge in [0, 0.05) is 71.9 Å². The zero-order valence-electron chi connectivity index (χ0n) is 26.4. The fourth-order valence-electron chi connectivity index (χ4n) is 3.05. The van der Waals surface area contributed by atoms with Gasteiger partial charge in [0.05, 0.1) is 26.3 Å². The first kappa shape index (κ1) is 43.9. The van der Waals surface area contributed by atoms with Crippen LogP contribution in [0.15, 0.2) is 95.2 Å². The average Bonchev–Trinajstić information content (AvgIpc) is 3.12. The van der Waals surface area contributed by atoms with Gasteiger partial charge in [-0.05, 0) is 58.0 Å². The van der Waals surface area contributed by atoms with Crippen LogP contribution >= 0.6 is 54.8 Å². The summed E-state index contributed by atoms with van der Waals surface area (Å²) < 4.78 is 14.2. The molecule has 53 heavy (non-hydrogen) atoms. The van der Waals surface area contributed by atoms with Crippen LogP contribution in [0.3, 0.4) is 0 Å². The number of hydrogen-bond acceptors (Lipinski definition) is 20. The number of carbonyl (C=O) groups is 2. The number of rotatable bonds is 15. The summed E-state index contributed by atoms with van der Waals surface area (Å²) in [4.78, 5) is 69.6. The van der Waals surface area contributed by atoms with Crippen LogP contribution < -0.4 is 9.47 Å². The minimum atomic E-state index is -0.978. The summed E-state index contributed by atoms with van der Waals surface area (Å²) in [6.45, 7) is 0.0718. The molecule has 25 heteroatoms. The maximum atomic E-state index is 11.5. The Morgan fingerprint density at radius 2 is 1.09 bits per heavy atom. The van der Waals surface area contributed by atoms with Crippen molar-refractivity contribution in [1.29, 1.82) is 0 Å². The molecule has 1 N–H and O–H groups in total. The number of aromatic nitrogens is 2. The zero-order chi connectivity index (χ0) is 39.2. The molecule has 0 fully saturated rings. The van der Waals surface area contributed by atoms with Gasteiger partial charge in [-0.2, -0.15) is 0 Å². The Balaban J connectivity index is 0.000000303. The summed E-state index contributed by atoms with van der Waals surface area (Å²) in [5, 5.41) is 51.3. The Bertz CT molecular complexity index is 1860. The van der Waals surface area contributed by atoms with Crippen molar-refractivity contribution >= 4 is 89.1 Å². The molecular formula is C28H23ClN6O14S4. The summed E-state index contributed by atoms with van der Waals surface area (Å²) in [5.74, 6) is 1.17. The summed E-state index contributed by atoms with van der Waals surface area (Å²) in [6.07, 6.45) is 2.01. The van der Waals surface area contributed by atoms with Crippen molar-refractivity contribution in [2.24, 2.45) is 0 Å². The SMILES string of the molecule is O=C(Cl)Oc1ccc([N+](=O)[O-])cc1.O=C(OCCSSc1ncccc1[N+](=O)[O-])Oc1ccc([N+](=O)[O-])cc1.O=[N+]([O-])c1cccnc1SSCCO. The van der Waals surface area contributed by atoms with Gasteiger partial charge >= 0.3 is 23.0 Å². The molecule has 2 heterocycles. The van der Waals surface area contributed by atoms with Crippen LogP contribution in [0.1, 0.15) is 0 Å². The Morgan fingerprint density at radius 1 is 0.660 bits per heavy atom. The Labute approximate surface area is 318 Å². The zero-order valence-corrected chi connectivity index (χ0v) is 30.4. The largest absolute Gasteiger partial charge is 0.513 e. The summed E-state index contributed by atoms with van der Waals surface area (Å²) in [5.41, 5.74) is -1.27. The number of hydrogen-bond donors (Lipinski definition) is 1. The van der Waals surface area contributed by atoms with E-state index in [2.05, 4.69) is 14.7 Å². The van der Waals surface area contributed by atoms with Crippen molar-refractivity contribution in [2.75, 3.05) is 24.7 Å². The van der Waals surface area contributed by atoms with Crippen LogP contribution in [0.2, 0.25) is 0 Å². The van der Waals surface area contributed by atoms with Gasteiger partial charge in [0.15, 0.2) is 10.1 Å². The number of aliphatic hydroxyl groups is 1. The van der Waals surface area contributed by atoms with E-state index < -0.39 is 31.3 Å². The Morgan fingerprint density at radius 3 is 1.49 bits per heavy atom. The number of nitro groups is 4. The van der Waals surface area contributed by atoms with Gasteiger partial charge in [-0.15, -0.1) is 0 Å². The number of ether oxygens (including phenoxy) is 3. The van der Waals surface area contributed by atoms with Crippen molar-refractivity contribution in [3.63, 3.8) is 0 Å². The molecule has 0 bridgehead atoms. The lowest BCUT2D eigenvalue weighted by molar-refractivity contribution is -0.388. The van der Waals surface area contributed by atoms with E-state index in [1.165, 1.54) is 118 Å². The second kappa shape index (κ2) is 24.1. The average molecular weight is 831 g/mol. The number of benzene rings is 2. The highest BCUT2D eigenvalue weighted by Crippen LogP contribution is 2.36. The molecule has 0 saturated heterocycles. The van der Waals surface area contributed by atoms with Crippen molar-refractivity contribution in [1.82, 2.24) is 9.97 Å². The van der Waals surface area contributed by atoms with Gasteiger partial charge in [-0.3, -0.25) is 40.5 Å². The van der Waals surface area contributed by atoms with E-state index in [9.17, 15) is 50.0 Å². The van der Waals surface area contributed by atoms with Crippen molar-refractivity contribution in [3.05, 3.63) is 126 Å². The number of aliphatic hydroxyl groups excluding tert-OH is 1. The topological polar surface area (TPSA) is 280 Å². The molecule has 2 aromatic carbocycles. The maximum Gasteiger partial charge on any atom is 0.513 e. The van der Waals surface area contributed by atoms with Gasteiger partial charge in [0.2, 0.25) is 0 Å². The second-order valence-electron chi connectivity index (χ2n) is 8.75. The van der Waals surface area contributed by atoms with E-state index in [-0.39, 0.29) is 52.5 Å². The molecule has 0 aliphatic rings. The highest BCUT2D eigenvalue weighted by Gasteiger charge is 2.16. The molecule has 0 amide bonds. The normalized spacial score (nSPS) is 9.92. The monoisotopic (exact) mass is 830 g/mol. The van der Waals surface area contributed by atoms with Crippen LogP contribution in [-0.2, 0) is 4.74 Å². The van der Waals surface area contributed by atoms with Crippen LogP contribution in [-0.4, -0.2) is 71.1 Å². The highest BCUT2D eigenvalue weighted by atomic mass is 35.5. The van der Waals surface area contributed by atoms with Gasteiger partial charge in [0.25, 0.3) is 11.4 Å². The molecular weight excluding hydrogens is 808 g/mol. The van der Waals surface area contributed by atoms with E-state index in [1.807, 2.05) is 0 Å². The van der Waals surface area contributed by atoms with Crippen molar-refractivity contribution in [2.45, 2.75) is 10.1 Å². The lowest BCUT2D eigenvalue weighted by Gasteiger charge is -2.05. The molecule has 0 unspecified atom stereocenters. The number of non-ortho nitro benzene ring substituents is 2. The maximum absolute atomic E-state index is 11.5. The minimum absolute atomic E-state index is 0.00272. The van der Waals surface area contributed by atoms with Crippen LogP contribution in [0.25, 0.3) is 0 Å². The van der Waals surface area contributed by atoms with Gasteiger partial charge in [-0.1, -0.05) is 21.6 Å². The van der Waals surface area contributed by atoms with Crippen molar-refractivity contribution in [3.8, 4) is 11.5 Å². The number of carbonyl (C=O) groups excluding carboxylic acids is 2. The van der Waals surface area contributed by atoms with E-state index in [0.717, 1.165) is 10.8 Å². The lowest BCUT2D eigenvalue weighted by atomic mass is 10.3. The molecule has 0 atom stereocenters. The quantitative estimate of drug-likeness (QED) is 0.0226. The van der Waals surface area contributed by atoms with Gasteiger partial charge in [0.1, 0.15) is 18.1 Å². The fraction of sp³-hybridized carbons (Fsp3) is 0.143. The third-order valence-electron chi connectivity index (χ3n) is 5.23. The molecule has 4 rings (SSSR count). The highest BCUT2D eigenvalue weighted by molar-refractivity contribution is 8.77. The molecule has 20 nitrogen and oxygen atoms in total. The predicted molar refractivity (Wildman–Crippen MR) is 196 cm³/mol. The number of halogens is 1. The van der Waals surface area contributed by atoms with Crippen molar-refractivity contribution < 1.29 is 48.6 Å². The summed E-state index contributed by atoms with van der Waals surface area (Å²) in [7, 11) is 4.88. The lowest BCUT2D eigenvalue weighted by Crippen LogP contribution is -2.12. The third-order valence-corrected chi connectivity index (χ3v) is 9.82. The molecule has 0 spiro atoms. The number of nitrogens with zero attached hydrogens (tertiary/aromatic N) is 6. The molecule has 0 radical (unpaired) electrons. The first-order valence-corrected chi connectivity index (χ1v) is 18.9. The standard InChI is InChI=1S/C14H11N3O7S2.C7H4ClNO4.C7H8N2O3S2/c18-14(24-11-5-3-10(4-6-11)16(19)20)23-8-9-25-26-13-12(17(21)22)2-1-7-15-13;8-7(10)13-6-3-1-5(2-4-6)9(11)12;10-4-5-13-14-7-6(9(11)12)2-1-3-8-7/h1-7H,8-9H2;1-4H;1-3,10H,4-5H2. The molecule has 0 aliphatic heterocycles. The van der Waals surface area contributed by atoms with E-state index >= 15 is 0 Å². The number of nitro benzene ring substituents is 2. The molecule has 2 aromatic heterocycles.